The summed E-state index contributed by atoms with van der Waals surface area (Å²) < 4.78 is 5.81. The molecular formula is C20H21ClN4O2. The number of amides is 1. The van der Waals surface area contributed by atoms with Gasteiger partial charge < -0.3 is 14.6 Å². The highest BCUT2D eigenvalue weighted by Crippen LogP contribution is 2.26. The van der Waals surface area contributed by atoms with Gasteiger partial charge in [-0.05, 0) is 49.6 Å². The van der Waals surface area contributed by atoms with Gasteiger partial charge in [0, 0.05) is 36.3 Å². The van der Waals surface area contributed by atoms with Gasteiger partial charge in [-0.2, -0.15) is 4.98 Å². The second-order valence-electron chi connectivity index (χ2n) is 6.88. The minimum Gasteiger partial charge on any atom is -0.422 e. The molecule has 0 unspecified atom stereocenters. The van der Waals surface area contributed by atoms with E-state index in [4.69, 9.17) is 16.0 Å². The number of nitrogens with zero attached hydrogens (tertiary/aromatic N) is 3. The van der Waals surface area contributed by atoms with Crippen molar-refractivity contribution in [3.8, 4) is 0 Å². The van der Waals surface area contributed by atoms with Gasteiger partial charge in [-0.1, -0.05) is 23.7 Å². The lowest BCUT2D eigenvalue weighted by Gasteiger charge is -2.30. The first-order valence-corrected chi connectivity index (χ1v) is 9.47. The van der Waals surface area contributed by atoms with Gasteiger partial charge in [0.25, 0.3) is 6.01 Å². The number of rotatable bonds is 4. The van der Waals surface area contributed by atoms with Crippen LogP contribution in [-0.2, 0) is 11.3 Å². The van der Waals surface area contributed by atoms with Gasteiger partial charge in [0.1, 0.15) is 0 Å². The lowest BCUT2D eigenvalue weighted by molar-refractivity contribution is -0.125. The molecule has 27 heavy (non-hydrogen) atoms. The number of fused-ring (bicyclic) bond motifs is 1. The Hall–Kier alpha value is -2.60. The van der Waals surface area contributed by atoms with E-state index < -0.39 is 0 Å². The number of carbonyl (C=O) groups excluding carboxylic acids is 1. The zero-order valence-electron chi connectivity index (χ0n) is 15.1. The molecule has 1 fully saturated rings. The maximum Gasteiger partial charge on any atom is 0.299 e. The average Bonchev–Trinajstić information content (AvgIpc) is 3.09. The minimum absolute atomic E-state index is 0.00480. The summed E-state index contributed by atoms with van der Waals surface area (Å²) in [6.45, 7) is 3.90. The molecule has 1 amide bonds. The Morgan fingerprint density at radius 1 is 1.26 bits per heavy atom. The van der Waals surface area contributed by atoms with E-state index in [9.17, 15) is 4.79 Å². The standard InChI is InChI=1S/C20H21ClN4O2/c1-13-5-6-17-18(23-13)24-20(27-17)25-9-7-15(8-10-25)19(26)22-12-14-3-2-4-16(21)11-14/h2-6,11,15H,7-10,12H2,1H3,(H,22,26). The normalized spacial score (nSPS) is 15.3. The third-order valence-corrected chi connectivity index (χ3v) is 5.11. The SMILES string of the molecule is Cc1ccc2oc(N3CCC(C(=O)NCc4cccc(Cl)c4)CC3)nc2n1. The summed E-state index contributed by atoms with van der Waals surface area (Å²) in [5.41, 5.74) is 3.24. The molecule has 1 aliphatic rings. The molecule has 0 bridgehead atoms. The number of hydrogen-bond acceptors (Lipinski definition) is 5. The van der Waals surface area contributed by atoms with Crippen LogP contribution in [0, 0.1) is 12.8 Å². The quantitative estimate of drug-likeness (QED) is 0.742. The van der Waals surface area contributed by atoms with Crippen molar-refractivity contribution >= 4 is 34.8 Å². The Balaban J connectivity index is 1.33. The average molecular weight is 385 g/mol. The highest BCUT2D eigenvalue weighted by molar-refractivity contribution is 6.30. The second-order valence-corrected chi connectivity index (χ2v) is 7.32. The summed E-state index contributed by atoms with van der Waals surface area (Å²) in [4.78, 5) is 23.4. The van der Waals surface area contributed by atoms with Gasteiger partial charge in [-0.3, -0.25) is 4.79 Å². The minimum atomic E-state index is 0.00480. The largest absolute Gasteiger partial charge is 0.422 e. The first kappa shape index (κ1) is 17.8. The number of benzene rings is 1. The molecule has 1 saturated heterocycles. The molecule has 3 heterocycles. The Labute approximate surface area is 162 Å². The van der Waals surface area contributed by atoms with Crippen molar-refractivity contribution in [2.75, 3.05) is 18.0 Å². The van der Waals surface area contributed by atoms with Gasteiger partial charge in [0.2, 0.25) is 11.6 Å². The van der Waals surface area contributed by atoms with Crippen LogP contribution in [0.25, 0.3) is 11.2 Å². The van der Waals surface area contributed by atoms with E-state index in [0.717, 1.165) is 37.2 Å². The number of halogens is 1. The number of piperidine rings is 1. The molecule has 0 aliphatic carbocycles. The molecule has 0 radical (unpaired) electrons. The summed E-state index contributed by atoms with van der Waals surface area (Å²) in [7, 11) is 0. The van der Waals surface area contributed by atoms with E-state index in [1.807, 2.05) is 43.3 Å². The first-order valence-electron chi connectivity index (χ1n) is 9.10. The Morgan fingerprint density at radius 2 is 2.07 bits per heavy atom. The van der Waals surface area contributed by atoms with Gasteiger partial charge in [0.15, 0.2) is 5.58 Å². The van der Waals surface area contributed by atoms with Crippen molar-refractivity contribution in [3.63, 3.8) is 0 Å². The summed E-state index contributed by atoms with van der Waals surface area (Å²) >= 11 is 5.98. The van der Waals surface area contributed by atoms with Crippen molar-refractivity contribution in [2.45, 2.75) is 26.3 Å². The zero-order valence-corrected chi connectivity index (χ0v) is 15.9. The highest BCUT2D eigenvalue weighted by Gasteiger charge is 2.27. The number of aryl methyl sites for hydroxylation is 1. The Bertz CT molecular complexity index is 964. The highest BCUT2D eigenvalue weighted by atomic mass is 35.5. The van der Waals surface area contributed by atoms with Gasteiger partial charge in [-0.25, -0.2) is 4.98 Å². The number of aromatic nitrogens is 2. The van der Waals surface area contributed by atoms with E-state index in [0.29, 0.717) is 28.8 Å². The number of hydrogen-bond donors (Lipinski definition) is 1. The molecule has 0 spiro atoms. The van der Waals surface area contributed by atoms with E-state index in [1.165, 1.54) is 0 Å². The predicted molar refractivity (Wildman–Crippen MR) is 105 cm³/mol. The second kappa shape index (κ2) is 7.56. The number of carbonyl (C=O) groups is 1. The smallest absolute Gasteiger partial charge is 0.299 e. The molecule has 6 nitrogen and oxygen atoms in total. The van der Waals surface area contributed by atoms with Crippen LogP contribution in [0.1, 0.15) is 24.1 Å². The molecule has 4 rings (SSSR count). The molecule has 0 atom stereocenters. The van der Waals surface area contributed by atoms with E-state index in [1.54, 1.807) is 0 Å². The fourth-order valence-corrected chi connectivity index (χ4v) is 3.56. The Morgan fingerprint density at radius 3 is 2.85 bits per heavy atom. The van der Waals surface area contributed by atoms with Crippen molar-refractivity contribution < 1.29 is 9.21 Å². The number of nitrogens with one attached hydrogen (secondary N) is 1. The first-order chi connectivity index (χ1) is 13.1. The van der Waals surface area contributed by atoms with Crippen LogP contribution in [0.2, 0.25) is 5.02 Å². The van der Waals surface area contributed by atoms with Crippen molar-refractivity contribution in [1.29, 1.82) is 0 Å². The van der Waals surface area contributed by atoms with Gasteiger partial charge in [-0.15, -0.1) is 0 Å². The van der Waals surface area contributed by atoms with E-state index >= 15 is 0 Å². The van der Waals surface area contributed by atoms with Crippen LogP contribution in [-0.4, -0.2) is 29.0 Å². The molecule has 0 saturated carbocycles. The van der Waals surface area contributed by atoms with Crippen LogP contribution in [0.3, 0.4) is 0 Å². The lowest BCUT2D eigenvalue weighted by Crippen LogP contribution is -2.40. The summed E-state index contributed by atoms with van der Waals surface area (Å²) in [5, 5.41) is 3.69. The molecule has 1 aromatic carbocycles. The maximum atomic E-state index is 12.5. The Kier molecular flexibility index (Phi) is 4.99. The van der Waals surface area contributed by atoms with E-state index in [-0.39, 0.29) is 11.8 Å². The van der Waals surface area contributed by atoms with Crippen LogP contribution >= 0.6 is 11.6 Å². The van der Waals surface area contributed by atoms with Gasteiger partial charge in [0.05, 0.1) is 0 Å². The summed E-state index contributed by atoms with van der Waals surface area (Å²) in [6, 6.07) is 11.9. The molecule has 1 aliphatic heterocycles. The van der Waals surface area contributed by atoms with Gasteiger partial charge >= 0.3 is 0 Å². The molecular weight excluding hydrogens is 364 g/mol. The van der Waals surface area contributed by atoms with Crippen molar-refractivity contribution in [3.05, 3.63) is 52.7 Å². The molecule has 2 aromatic heterocycles. The van der Waals surface area contributed by atoms with Crippen LogP contribution in [0.15, 0.2) is 40.8 Å². The molecule has 7 heteroatoms. The predicted octanol–water partition coefficient (Wildman–Crippen LogP) is 3.72. The molecule has 140 valence electrons. The van der Waals surface area contributed by atoms with Crippen molar-refractivity contribution in [1.82, 2.24) is 15.3 Å². The number of anilines is 1. The zero-order chi connectivity index (χ0) is 18.8. The fourth-order valence-electron chi connectivity index (χ4n) is 3.35. The summed E-state index contributed by atoms with van der Waals surface area (Å²) in [6.07, 6.45) is 1.54. The van der Waals surface area contributed by atoms with Crippen LogP contribution in [0.5, 0.6) is 0 Å². The number of pyridine rings is 1. The van der Waals surface area contributed by atoms with E-state index in [2.05, 4.69) is 20.2 Å². The monoisotopic (exact) mass is 384 g/mol. The summed E-state index contributed by atoms with van der Waals surface area (Å²) in [5.74, 6) is 0.0923. The maximum absolute atomic E-state index is 12.5. The lowest BCUT2D eigenvalue weighted by atomic mass is 9.96. The molecule has 3 aromatic rings. The van der Waals surface area contributed by atoms with Crippen molar-refractivity contribution in [2.24, 2.45) is 5.92 Å². The van der Waals surface area contributed by atoms with Crippen LogP contribution < -0.4 is 10.2 Å². The van der Waals surface area contributed by atoms with Crippen LogP contribution in [0.4, 0.5) is 6.01 Å². The third-order valence-electron chi connectivity index (χ3n) is 4.87. The third kappa shape index (κ3) is 4.06. The topological polar surface area (TPSA) is 71.3 Å². The molecule has 1 N–H and O–H groups in total. The fraction of sp³-hybridized carbons (Fsp3) is 0.350. The number of oxazole rings is 1.